The first-order valence-corrected chi connectivity index (χ1v) is 5.68. The monoisotopic (exact) mass is 238 g/mol. The van der Waals surface area contributed by atoms with Crippen molar-refractivity contribution in [3.8, 4) is 12.3 Å². The fourth-order valence-corrected chi connectivity index (χ4v) is 1.81. The maximum absolute atomic E-state index is 11.8. The summed E-state index contributed by atoms with van der Waals surface area (Å²) in [4.78, 5) is 24.4. The highest BCUT2D eigenvalue weighted by Crippen LogP contribution is 2.29. The standard InChI is InChI=1S/C12H18N2O3/c1-4-9(5-2)13-11(17)14-7-6-12(3,8-14)10(15)16/h1,9H,5-8H2,2-3H3,(H,13,17)(H,15,16). The van der Waals surface area contributed by atoms with E-state index < -0.39 is 11.4 Å². The minimum Gasteiger partial charge on any atom is -0.481 e. The van der Waals surface area contributed by atoms with Crippen LogP contribution in [0.1, 0.15) is 26.7 Å². The number of carboxylic acids is 1. The number of carbonyl (C=O) groups excluding carboxylic acids is 1. The molecule has 94 valence electrons. The number of aliphatic carboxylic acids is 1. The first kappa shape index (κ1) is 13.4. The van der Waals surface area contributed by atoms with Crippen molar-refractivity contribution in [3.63, 3.8) is 0 Å². The number of amides is 2. The summed E-state index contributed by atoms with van der Waals surface area (Å²) in [5.41, 5.74) is -0.838. The van der Waals surface area contributed by atoms with Gasteiger partial charge in [0.1, 0.15) is 0 Å². The van der Waals surface area contributed by atoms with E-state index in [9.17, 15) is 9.59 Å². The lowest BCUT2D eigenvalue weighted by molar-refractivity contribution is -0.146. The van der Waals surface area contributed by atoms with Crippen molar-refractivity contribution in [2.75, 3.05) is 13.1 Å². The third-order valence-electron chi connectivity index (χ3n) is 3.18. The summed E-state index contributed by atoms with van der Waals surface area (Å²) in [6.07, 6.45) is 6.39. The fraction of sp³-hybridized carbons (Fsp3) is 0.667. The number of terminal acetylenes is 1. The minimum absolute atomic E-state index is 0.231. The molecule has 1 heterocycles. The van der Waals surface area contributed by atoms with Gasteiger partial charge in [0.2, 0.25) is 0 Å². The van der Waals surface area contributed by atoms with Crippen LogP contribution in [0.25, 0.3) is 0 Å². The number of likely N-dealkylation sites (tertiary alicyclic amines) is 1. The third kappa shape index (κ3) is 2.90. The van der Waals surface area contributed by atoms with Crippen LogP contribution in [-0.2, 0) is 4.79 Å². The van der Waals surface area contributed by atoms with Gasteiger partial charge in [0.05, 0.1) is 11.5 Å². The van der Waals surface area contributed by atoms with Crippen molar-refractivity contribution in [2.24, 2.45) is 5.41 Å². The molecule has 2 amide bonds. The Kier molecular flexibility index (Phi) is 4.00. The highest BCUT2D eigenvalue weighted by molar-refractivity contribution is 5.79. The Balaban J connectivity index is 2.57. The van der Waals surface area contributed by atoms with Crippen LogP contribution >= 0.6 is 0 Å². The molecule has 0 spiro atoms. The van der Waals surface area contributed by atoms with Crippen molar-refractivity contribution >= 4 is 12.0 Å². The van der Waals surface area contributed by atoms with E-state index in [1.165, 1.54) is 4.90 Å². The van der Waals surface area contributed by atoms with Crippen LogP contribution in [0.3, 0.4) is 0 Å². The van der Waals surface area contributed by atoms with Gasteiger partial charge >= 0.3 is 12.0 Å². The number of hydrogen-bond donors (Lipinski definition) is 2. The number of carboxylic acid groups (broad SMARTS) is 1. The van der Waals surface area contributed by atoms with Crippen molar-refractivity contribution in [2.45, 2.75) is 32.7 Å². The number of nitrogens with zero attached hydrogens (tertiary/aromatic N) is 1. The predicted octanol–water partition coefficient (Wildman–Crippen LogP) is 0.904. The number of urea groups is 1. The largest absolute Gasteiger partial charge is 0.481 e. The number of hydrogen-bond acceptors (Lipinski definition) is 2. The van der Waals surface area contributed by atoms with Crippen molar-refractivity contribution in [1.82, 2.24) is 10.2 Å². The Morgan fingerprint density at radius 1 is 1.65 bits per heavy atom. The molecule has 0 aliphatic carbocycles. The molecule has 0 aromatic rings. The summed E-state index contributed by atoms with van der Waals surface area (Å²) in [5, 5.41) is 11.7. The SMILES string of the molecule is C#CC(CC)NC(=O)N1CCC(C)(C(=O)O)C1. The summed E-state index contributed by atoms with van der Waals surface area (Å²) in [6, 6.07) is -0.570. The highest BCUT2D eigenvalue weighted by Gasteiger charge is 2.42. The van der Waals surface area contributed by atoms with Crippen LogP contribution in [0.5, 0.6) is 0 Å². The molecule has 1 fully saturated rings. The molecule has 0 radical (unpaired) electrons. The van der Waals surface area contributed by atoms with Gasteiger partial charge in [-0.05, 0) is 19.8 Å². The van der Waals surface area contributed by atoms with Gasteiger partial charge in [0.15, 0.2) is 0 Å². The molecule has 2 N–H and O–H groups in total. The zero-order valence-corrected chi connectivity index (χ0v) is 10.2. The van der Waals surface area contributed by atoms with Crippen molar-refractivity contribution < 1.29 is 14.7 Å². The second kappa shape index (κ2) is 5.09. The lowest BCUT2D eigenvalue weighted by Gasteiger charge is -2.22. The number of carbonyl (C=O) groups is 2. The molecule has 2 unspecified atom stereocenters. The van der Waals surface area contributed by atoms with Gasteiger partial charge in [0, 0.05) is 13.1 Å². The lowest BCUT2D eigenvalue weighted by Crippen LogP contribution is -2.44. The Labute approximate surface area is 101 Å². The van der Waals surface area contributed by atoms with Gasteiger partial charge in [-0.25, -0.2) is 4.79 Å². The Hall–Kier alpha value is -1.70. The van der Waals surface area contributed by atoms with Crippen LogP contribution < -0.4 is 5.32 Å². The number of rotatable bonds is 3. The van der Waals surface area contributed by atoms with Gasteiger partial charge in [-0.2, -0.15) is 0 Å². The maximum atomic E-state index is 11.8. The number of nitrogens with one attached hydrogen (secondary N) is 1. The fourth-order valence-electron chi connectivity index (χ4n) is 1.81. The second-order valence-corrected chi connectivity index (χ2v) is 4.61. The van der Waals surface area contributed by atoms with Gasteiger partial charge in [-0.1, -0.05) is 12.8 Å². The molecule has 0 saturated carbocycles. The molecule has 1 aliphatic heterocycles. The van der Waals surface area contributed by atoms with E-state index in [1.807, 2.05) is 6.92 Å². The second-order valence-electron chi connectivity index (χ2n) is 4.61. The molecule has 1 aliphatic rings. The van der Waals surface area contributed by atoms with Crippen LogP contribution in [0.2, 0.25) is 0 Å². The summed E-state index contributed by atoms with van der Waals surface area (Å²) < 4.78 is 0. The molecule has 0 bridgehead atoms. The molecule has 0 aromatic carbocycles. The first-order valence-electron chi connectivity index (χ1n) is 5.68. The molecule has 17 heavy (non-hydrogen) atoms. The molecular weight excluding hydrogens is 220 g/mol. The summed E-state index contributed by atoms with van der Waals surface area (Å²) in [6.45, 7) is 4.22. The van der Waals surface area contributed by atoms with Crippen molar-refractivity contribution in [3.05, 3.63) is 0 Å². The van der Waals surface area contributed by atoms with Crippen LogP contribution in [0.4, 0.5) is 4.79 Å². The maximum Gasteiger partial charge on any atom is 0.318 e. The van der Waals surface area contributed by atoms with E-state index in [0.29, 0.717) is 19.4 Å². The molecule has 5 nitrogen and oxygen atoms in total. The van der Waals surface area contributed by atoms with E-state index >= 15 is 0 Å². The van der Waals surface area contributed by atoms with E-state index in [1.54, 1.807) is 6.92 Å². The van der Waals surface area contributed by atoms with Gasteiger partial charge in [-0.3, -0.25) is 4.79 Å². The molecule has 5 heteroatoms. The molecule has 0 aromatic heterocycles. The zero-order valence-electron chi connectivity index (χ0n) is 10.2. The minimum atomic E-state index is -0.864. The van der Waals surface area contributed by atoms with Crippen LogP contribution in [0, 0.1) is 17.8 Å². The molecule has 1 rings (SSSR count). The average molecular weight is 238 g/mol. The predicted molar refractivity (Wildman–Crippen MR) is 63.4 cm³/mol. The van der Waals surface area contributed by atoms with Gasteiger partial charge in [0.25, 0.3) is 0 Å². The van der Waals surface area contributed by atoms with Gasteiger partial charge < -0.3 is 15.3 Å². The van der Waals surface area contributed by atoms with E-state index in [-0.39, 0.29) is 18.6 Å². The normalized spacial score (nSPS) is 25.1. The van der Waals surface area contributed by atoms with Crippen molar-refractivity contribution in [1.29, 1.82) is 0 Å². The van der Waals surface area contributed by atoms with E-state index in [0.717, 1.165) is 0 Å². The third-order valence-corrected chi connectivity index (χ3v) is 3.18. The summed E-state index contributed by atoms with van der Waals surface area (Å²) >= 11 is 0. The molecule has 1 saturated heterocycles. The Morgan fingerprint density at radius 3 is 2.71 bits per heavy atom. The summed E-state index contributed by atoms with van der Waals surface area (Å²) in [7, 11) is 0. The zero-order chi connectivity index (χ0) is 13.1. The van der Waals surface area contributed by atoms with Crippen LogP contribution in [-0.4, -0.2) is 41.1 Å². The van der Waals surface area contributed by atoms with E-state index in [4.69, 9.17) is 11.5 Å². The highest BCUT2D eigenvalue weighted by atomic mass is 16.4. The van der Waals surface area contributed by atoms with Crippen LogP contribution in [0.15, 0.2) is 0 Å². The Bertz CT molecular complexity index is 361. The van der Waals surface area contributed by atoms with Gasteiger partial charge in [-0.15, -0.1) is 6.42 Å². The molecule has 2 atom stereocenters. The lowest BCUT2D eigenvalue weighted by atomic mass is 9.90. The van der Waals surface area contributed by atoms with E-state index in [2.05, 4.69) is 11.2 Å². The topological polar surface area (TPSA) is 69.6 Å². The summed E-state index contributed by atoms with van der Waals surface area (Å²) in [5.74, 6) is 1.61. The quantitative estimate of drug-likeness (QED) is 0.718. The smallest absolute Gasteiger partial charge is 0.318 e. The Morgan fingerprint density at radius 2 is 2.29 bits per heavy atom. The first-order chi connectivity index (χ1) is 7.92. The molecular formula is C12H18N2O3. The average Bonchev–Trinajstić information content (AvgIpc) is 2.70.